The van der Waals surface area contributed by atoms with Crippen molar-refractivity contribution < 1.29 is 0 Å². The zero-order valence-electron chi connectivity index (χ0n) is 30.5. The number of hydrogen-bond acceptors (Lipinski definition) is 2. The van der Waals surface area contributed by atoms with Crippen molar-refractivity contribution in [2.75, 3.05) is 4.90 Å². The number of nitrogens with zero attached hydrogens (tertiary/aromatic N) is 3. The second-order valence-electron chi connectivity index (χ2n) is 15.1. The van der Waals surface area contributed by atoms with Crippen LogP contribution in [0.5, 0.6) is 0 Å². The van der Waals surface area contributed by atoms with Gasteiger partial charge in [-0.05, 0) is 69.9 Å². The van der Waals surface area contributed by atoms with Gasteiger partial charge in [-0.1, -0.05) is 158 Å². The normalized spacial score (nSPS) is 16.0. The van der Waals surface area contributed by atoms with Crippen LogP contribution in [0.1, 0.15) is 11.5 Å². The van der Waals surface area contributed by atoms with Crippen LogP contribution in [0.2, 0.25) is 0 Å². The predicted octanol–water partition coefficient (Wildman–Crippen LogP) is 13.7. The monoisotopic (exact) mass is 713 g/mol. The highest BCUT2D eigenvalue weighted by Crippen LogP contribution is 2.49. The fraction of sp³-hybridized carbons (Fsp3) is 0.0377. The van der Waals surface area contributed by atoms with Gasteiger partial charge in [-0.25, -0.2) is 4.98 Å². The molecule has 2 aromatic heterocycles. The number of benzene rings is 8. The maximum Gasteiger partial charge on any atom is 0.0788 e. The summed E-state index contributed by atoms with van der Waals surface area (Å²) < 4.78 is 2.44. The Morgan fingerprint density at radius 1 is 0.446 bits per heavy atom. The molecule has 262 valence electrons. The van der Waals surface area contributed by atoms with Crippen molar-refractivity contribution in [2.24, 2.45) is 0 Å². The molecular weight excluding hydrogens is 679 g/mol. The summed E-state index contributed by atoms with van der Waals surface area (Å²) in [5, 5.41) is 8.62. The third-order valence-corrected chi connectivity index (χ3v) is 12.1. The molecule has 0 spiro atoms. The van der Waals surface area contributed by atoms with Crippen LogP contribution in [0.4, 0.5) is 11.4 Å². The van der Waals surface area contributed by atoms with E-state index in [1.54, 1.807) is 0 Å². The maximum absolute atomic E-state index is 5.29. The van der Waals surface area contributed by atoms with Crippen LogP contribution in [0.15, 0.2) is 200 Å². The zero-order chi connectivity index (χ0) is 36.7. The van der Waals surface area contributed by atoms with Crippen molar-refractivity contribution in [1.29, 1.82) is 0 Å². The van der Waals surface area contributed by atoms with Crippen LogP contribution in [0.25, 0.3) is 82.3 Å². The van der Waals surface area contributed by atoms with E-state index in [9.17, 15) is 0 Å². The van der Waals surface area contributed by atoms with Crippen molar-refractivity contribution >= 4 is 65.6 Å². The molecule has 3 nitrogen and oxygen atoms in total. The van der Waals surface area contributed by atoms with Gasteiger partial charge in [0.05, 0.1) is 28.3 Å². The molecule has 12 rings (SSSR count). The minimum Gasteiger partial charge on any atom is -0.333 e. The molecule has 56 heavy (non-hydrogen) atoms. The highest BCUT2D eigenvalue weighted by atomic mass is 15.2. The summed E-state index contributed by atoms with van der Waals surface area (Å²) in [4.78, 5) is 7.84. The van der Waals surface area contributed by atoms with Gasteiger partial charge in [0.2, 0.25) is 0 Å². The van der Waals surface area contributed by atoms with E-state index < -0.39 is 0 Å². The van der Waals surface area contributed by atoms with Crippen molar-refractivity contribution in [2.45, 2.75) is 12.0 Å². The minimum atomic E-state index is 0.198. The molecule has 1 aliphatic carbocycles. The highest BCUT2D eigenvalue weighted by Gasteiger charge is 2.37. The van der Waals surface area contributed by atoms with Gasteiger partial charge < -0.3 is 9.47 Å². The number of rotatable bonds is 4. The Kier molecular flexibility index (Phi) is 6.75. The average molecular weight is 714 g/mol. The smallest absolute Gasteiger partial charge is 0.0788 e. The topological polar surface area (TPSA) is 21.1 Å². The Bertz CT molecular complexity index is 3210. The first kappa shape index (κ1) is 31.2. The van der Waals surface area contributed by atoms with Crippen LogP contribution in [-0.4, -0.2) is 15.6 Å². The quantitative estimate of drug-likeness (QED) is 0.169. The number of anilines is 2. The number of para-hydroxylation sites is 4. The molecule has 3 heterocycles. The summed E-state index contributed by atoms with van der Waals surface area (Å²) in [6.07, 6.45) is 9.10. The van der Waals surface area contributed by atoms with E-state index in [1.807, 2.05) is 0 Å². The molecule has 2 unspecified atom stereocenters. The van der Waals surface area contributed by atoms with Crippen LogP contribution in [0, 0.1) is 0 Å². The van der Waals surface area contributed by atoms with Crippen LogP contribution >= 0.6 is 0 Å². The van der Waals surface area contributed by atoms with E-state index in [-0.39, 0.29) is 6.04 Å². The lowest BCUT2D eigenvalue weighted by molar-refractivity contribution is 0.744. The fourth-order valence-corrected chi connectivity index (χ4v) is 9.58. The molecule has 8 aromatic carbocycles. The first-order chi connectivity index (χ1) is 27.8. The Labute approximate surface area is 324 Å². The number of aromatic nitrogens is 2. The number of pyridine rings is 1. The Hall–Kier alpha value is -7.23. The second-order valence-corrected chi connectivity index (χ2v) is 15.1. The summed E-state index contributed by atoms with van der Waals surface area (Å²) in [6.45, 7) is 0. The van der Waals surface area contributed by atoms with Crippen LogP contribution in [-0.2, 0) is 0 Å². The van der Waals surface area contributed by atoms with Crippen LogP contribution < -0.4 is 4.90 Å². The number of hydrogen-bond donors (Lipinski definition) is 0. The molecule has 1 aliphatic heterocycles. The molecule has 0 N–H and O–H groups in total. The maximum atomic E-state index is 5.29. The summed E-state index contributed by atoms with van der Waals surface area (Å²) in [6, 6.07) is 64.5. The lowest BCUT2D eigenvalue weighted by Gasteiger charge is -2.30. The van der Waals surface area contributed by atoms with Crippen molar-refractivity contribution in [3.63, 3.8) is 0 Å². The summed E-state index contributed by atoms with van der Waals surface area (Å²) in [7, 11) is 0. The molecule has 10 aromatic rings. The van der Waals surface area contributed by atoms with Gasteiger partial charge in [-0.2, -0.15) is 0 Å². The first-order valence-electron chi connectivity index (χ1n) is 19.5. The van der Waals surface area contributed by atoms with Crippen molar-refractivity contribution in [3.05, 3.63) is 206 Å². The lowest BCUT2D eigenvalue weighted by atomic mass is 9.91. The molecule has 0 saturated carbocycles. The van der Waals surface area contributed by atoms with Gasteiger partial charge in [0.15, 0.2) is 0 Å². The van der Waals surface area contributed by atoms with Gasteiger partial charge in [0.25, 0.3) is 0 Å². The molecule has 0 saturated heterocycles. The number of fused-ring (bicyclic) bond motifs is 11. The zero-order valence-corrected chi connectivity index (χ0v) is 30.5. The van der Waals surface area contributed by atoms with E-state index in [4.69, 9.17) is 4.98 Å². The molecule has 2 atom stereocenters. The Morgan fingerprint density at radius 3 is 1.91 bits per heavy atom. The third kappa shape index (κ3) is 4.61. The molecule has 0 amide bonds. The Balaban J connectivity index is 1.06. The van der Waals surface area contributed by atoms with Gasteiger partial charge in [-0.15, -0.1) is 0 Å². The summed E-state index contributed by atoms with van der Waals surface area (Å²) >= 11 is 0. The standard InChI is InChI=1S/C53H35N3/c1-2-14-40-35(13-1)29-30-46-52(40)45-19-3-8-20-47(45)54-53(46)36-27-25-34(26-28-36)37-31-38(55-48-21-9-4-15-41(48)42-16-5-10-22-49(42)55)33-39(32-37)56-50-23-11-6-17-43(50)44-18-7-12-24-51(44)56/h1-33,41,48H. The molecule has 3 heteroatoms. The SMILES string of the molecule is C1=CC2c3ccccc3N(c3cc(-c4ccc(-c5nc6ccccc6c6c5ccc5ccccc56)cc4)cc(-n4c5ccccc5c5ccccc54)c3)C2C=C1. The molecule has 2 aliphatic rings. The van der Waals surface area contributed by atoms with Crippen LogP contribution in [0.3, 0.4) is 0 Å². The van der Waals surface area contributed by atoms with E-state index in [0.29, 0.717) is 5.92 Å². The van der Waals surface area contributed by atoms with Gasteiger partial charge in [-0.3, -0.25) is 0 Å². The molecule has 0 radical (unpaired) electrons. The van der Waals surface area contributed by atoms with Gasteiger partial charge >= 0.3 is 0 Å². The number of allylic oxidation sites excluding steroid dienone is 2. The first-order valence-corrected chi connectivity index (χ1v) is 19.5. The van der Waals surface area contributed by atoms with Crippen molar-refractivity contribution in [3.8, 4) is 28.1 Å². The largest absolute Gasteiger partial charge is 0.333 e. The fourth-order valence-electron chi connectivity index (χ4n) is 9.58. The second kappa shape index (κ2) is 12.1. The predicted molar refractivity (Wildman–Crippen MR) is 235 cm³/mol. The van der Waals surface area contributed by atoms with E-state index in [0.717, 1.165) is 28.0 Å². The summed E-state index contributed by atoms with van der Waals surface area (Å²) in [5.74, 6) is 0.303. The minimum absolute atomic E-state index is 0.198. The Morgan fingerprint density at radius 2 is 1.09 bits per heavy atom. The van der Waals surface area contributed by atoms with E-state index in [1.165, 1.54) is 71.2 Å². The third-order valence-electron chi connectivity index (χ3n) is 12.1. The lowest BCUT2D eigenvalue weighted by Crippen LogP contribution is -2.28. The van der Waals surface area contributed by atoms with Crippen molar-refractivity contribution in [1.82, 2.24) is 9.55 Å². The van der Waals surface area contributed by atoms with E-state index >= 15 is 0 Å². The molecule has 0 bridgehead atoms. The molecule has 0 fully saturated rings. The molecular formula is C53H35N3. The van der Waals surface area contributed by atoms with Gasteiger partial charge in [0, 0.05) is 55.5 Å². The average Bonchev–Trinajstić information content (AvgIpc) is 3.79. The summed E-state index contributed by atoms with van der Waals surface area (Å²) in [5.41, 5.74) is 12.8. The highest BCUT2D eigenvalue weighted by molar-refractivity contribution is 6.22. The van der Waals surface area contributed by atoms with E-state index in [2.05, 4.69) is 210 Å². The van der Waals surface area contributed by atoms with Gasteiger partial charge in [0.1, 0.15) is 0 Å².